The average Bonchev–Trinajstić information content (AvgIpc) is 2.43. The second-order valence-electron chi connectivity index (χ2n) is 4.26. The van der Waals surface area contributed by atoms with E-state index in [1.165, 1.54) is 0 Å². The summed E-state index contributed by atoms with van der Waals surface area (Å²) < 4.78 is 0. The molecule has 108 valence electrons. The van der Waals surface area contributed by atoms with Gasteiger partial charge >= 0.3 is 0 Å². The van der Waals surface area contributed by atoms with Gasteiger partial charge in [-0.3, -0.25) is 0 Å². The minimum Gasteiger partial charge on any atom is -0.357 e. The molecule has 0 aliphatic heterocycles. The highest BCUT2D eigenvalue weighted by molar-refractivity contribution is 7.99. The Bertz CT molecular complexity index is 380. The first-order chi connectivity index (χ1) is 9.10. The van der Waals surface area contributed by atoms with Crippen molar-refractivity contribution in [2.75, 3.05) is 56.7 Å². The number of hydrogen-bond acceptors (Lipinski definition) is 7. The Kier molecular flexibility index (Phi) is 6.86. The summed E-state index contributed by atoms with van der Waals surface area (Å²) in [4.78, 5) is 17.4. The minimum absolute atomic E-state index is 0.615. The molecule has 0 aromatic carbocycles. The highest BCUT2D eigenvalue weighted by Gasteiger charge is 2.08. The van der Waals surface area contributed by atoms with Crippen LogP contribution in [0.1, 0.15) is 13.8 Å². The van der Waals surface area contributed by atoms with Crippen molar-refractivity contribution in [3.05, 3.63) is 0 Å². The highest BCUT2D eigenvalue weighted by atomic mass is 32.2. The van der Waals surface area contributed by atoms with E-state index >= 15 is 0 Å². The normalized spacial score (nSPS) is 10.8. The van der Waals surface area contributed by atoms with E-state index in [0.29, 0.717) is 11.9 Å². The summed E-state index contributed by atoms with van der Waals surface area (Å²) in [6.45, 7) is 7.58. The molecule has 6 nitrogen and oxygen atoms in total. The van der Waals surface area contributed by atoms with Gasteiger partial charge in [0.1, 0.15) is 0 Å². The standard InChI is InChI=1S/C12H24N6S/c1-6-18(7-2)8-9-19-12-15-10(13-3)14-11(16-12)17(4)5/h6-9H2,1-5H3,(H,13,14,15,16). The van der Waals surface area contributed by atoms with Gasteiger partial charge in [-0.2, -0.15) is 15.0 Å². The van der Waals surface area contributed by atoms with E-state index in [1.807, 2.05) is 26.0 Å². The number of rotatable bonds is 8. The van der Waals surface area contributed by atoms with Crippen LogP contribution in [0.4, 0.5) is 11.9 Å². The largest absolute Gasteiger partial charge is 0.357 e. The van der Waals surface area contributed by atoms with Crippen molar-refractivity contribution in [3.8, 4) is 0 Å². The molecular weight excluding hydrogens is 260 g/mol. The Morgan fingerprint density at radius 3 is 2.32 bits per heavy atom. The zero-order valence-electron chi connectivity index (χ0n) is 12.5. The molecule has 0 spiro atoms. The van der Waals surface area contributed by atoms with Gasteiger partial charge in [-0.25, -0.2) is 0 Å². The average molecular weight is 284 g/mol. The van der Waals surface area contributed by atoms with Crippen LogP contribution in [0.5, 0.6) is 0 Å². The smallest absolute Gasteiger partial charge is 0.230 e. The summed E-state index contributed by atoms with van der Waals surface area (Å²) in [5, 5.41) is 3.74. The Morgan fingerprint density at radius 1 is 1.11 bits per heavy atom. The van der Waals surface area contributed by atoms with Gasteiger partial charge in [0, 0.05) is 33.4 Å². The fraction of sp³-hybridized carbons (Fsp3) is 0.750. The Morgan fingerprint density at radius 2 is 1.79 bits per heavy atom. The van der Waals surface area contributed by atoms with Gasteiger partial charge in [0.2, 0.25) is 11.9 Å². The van der Waals surface area contributed by atoms with Gasteiger partial charge in [0.15, 0.2) is 5.16 Å². The Hall–Kier alpha value is -1.08. The van der Waals surface area contributed by atoms with E-state index in [1.54, 1.807) is 11.8 Å². The molecule has 1 aromatic rings. The van der Waals surface area contributed by atoms with E-state index in [2.05, 4.69) is 39.0 Å². The molecule has 0 radical (unpaired) electrons. The van der Waals surface area contributed by atoms with Crippen LogP contribution < -0.4 is 10.2 Å². The number of thioether (sulfide) groups is 1. The monoisotopic (exact) mass is 284 g/mol. The second-order valence-corrected chi connectivity index (χ2v) is 5.32. The highest BCUT2D eigenvalue weighted by Crippen LogP contribution is 2.17. The molecule has 1 aromatic heterocycles. The number of anilines is 2. The molecule has 0 atom stereocenters. The Labute approximate surface area is 120 Å². The van der Waals surface area contributed by atoms with Gasteiger partial charge in [0.25, 0.3) is 0 Å². The summed E-state index contributed by atoms with van der Waals surface area (Å²) in [6, 6.07) is 0. The predicted octanol–water partition coefficient (Wildman–Crippen LogP) is 1.41. The van der Waals surface area contributed by atoms with E-state index in [4.69, 9.17) is 0 Å². The Balaban J connectivity index is 2.64. The fourth-order valence-electron chi connectivity index (χ4n) is 1.53. The third-order valence-corrected chi connectivity index (χ3v) is 3.59. The number of nitrogens with one attached hydrogen (secondary N) is 1. The molecule has 0 saturated heterocycles. The lowest BCUT2D eigenvalue weighted by Crippen LogP contribution is -2.25. The lowest BCUT2D eigenvalue weighted by atomic mass is 10.5. The van der Waals surface area contributed by atoms with Gasteiger partial charge in [-0.05, 0) is 13.1 Å². The third kappa shape index (κ3) is 5.20. The predicted molar refractivity (Wildman–Crippen MR) is 82.2 cm³/mol. The molecule has 19 heavy (non-hydrogen) atoms. The first kappa shape index (κ1) is 16.0. The zero-order chi connectivity index (χ0) is 14.3. The van der Waals surface area contributed by atoms with Crippen molar-refractivity contribution < 1.29 is 0 Å². The summed E-state index contributed by atoms with van der Waals surface area (Å²) >= 11 is 1.67. The van der Waals surface area contributed by atoms with E-state index < -0.39 is 0 Å². The lowest BCUT2D eigenvalue weighted by molar-refractivity contribution is 0.324. The number of hydrogen-bond donors (Lipinski definition) is 1. The van der Waals surface area contributed by atoms with E-state index in [0.717, 1.165) is 30.5 Å². The fourth-order valence-corrected chi connectivity index (χ4v) is 2.36. The van der Waals surface area contributed by atoms with Crippen molar-refractivity contribution in [1.29, 1.82) is 0 Å². The zero-order valence-corrected chi connectivity index (χ0v) is 13.3. The number of aromatic nitrogens is 3. The summed E-state index contributed by atoms with van der Waals surface area (Å²) in [7, 11) is 5.68. The molecule has 0 bridgehead atoms. The molecule has 0 aliphatic carbocycles. The van der Waals surface area contributed by atoms with Crippen molar-refractivity contribution in [2.45, 2.75) is 19.0 Å². The van der Waals surface area contributed by atoms with Crippen molar-refractivity contribution in [3.63, 3.8) is 0 Å². The van der Waals surface area contributed by atoms with Crippen LogP contribution in [0.3, 0.4) is 0 Å². The molecule has 0 amide bonds. The SMILES string of the molecule is CCN(CC)CCSc1nc(NC)nc(N(C)C)n1. The van der Waals surface area contributed by atoms with Crippen LogP contribution in [0, 0.1) is 0 Å². The summed E-state index contributed by atoms with van der Waals surface area (Å²) in [5.41, 5.74) is 0. The van der Waals surface area contributed by atoms with E-state index in [-0.39, 0.29) is 0 Å². The molecular formula is C12H24N6S. The second kappa shape index (κ2) is 8.16. The maximum absolute atomic E-state index is 4.44. The molecule has 1 rings (SSSR count). The van der Waals surface area contributed by atoms with Gasteiger partial charge in [-0.1, -0.05) is 25.6 Å². The minimum atomic E-state index is 0.615. The van der Waals surface area contributed by atoms with E-state index in [9.17, 15) is 0 Å². The van der Waals surface area contributed by atoms with Crippen molar-refractivity contribution >= 4 is 23.7 Å². The number of nitrogens with zero attached hydrogens (tertiary/aromatic N) is 5. The molecule has 1 N–H and O–H groups in total. The van der Waals surface area contributed by atoms with Gasteiger partial charge < -0.3 is 15.1 Å². The van der Waals surface area contributed by atoms with Crippen LogP contribution in [0.15, 0.2) is 5.16 Å². The van der Waals surface area contributed by atoms with Crippen molar-refractivity contribution in [1.82, 2.24) is 19.9 Å². The summed E-state index contributed by atoms with van der Waals surface area (Å²) in [6.07, 6.45) is 0. The van der Waals surface area contributed by atoms with Crippen molar-refractivity contribution in [2.24, 2.45) is 0 Å². The van der Waals surface area contributed by atoms with Gasteiger partial charge in [0.05, 0.1) is 0 Å². The summed E-state index contributed by atoms with van der Waals surface area (Å²) in [5.74, 6) is 2.29. The lowest BCUT2D eigenvalue weighted by Gasteiger charge is -2.17. The van der Waals surface area contributed by atoms with Gasteiger partial charge in [-0.15, -0.1) is 0 Å². The van der Waals surface area contributed by atoms with Crippen LogP contribution in [-0.2, 0) is 0 Å². The molecule has 0 saturated carbocycles. The third-order valence-electron chi connectivity index (χ3n) is 2.76. The maximum atomic E-state index is 4.44. The topological polar surface area (TPSA) is 57.2 Å². The van der Waals surface area contributed by atoms with Crippen LogP contribution in [0.25, 0.3) is 0 Å². The first-order valence-electron chi connectivity index (χ1n) is 6.57. The molecule has 1 heterocycles. The molecule has 0 fully saturated rings. The molecule has 0 aliphatic rings. The van der Waals surface area contributed by atoms with Crippen LogP contribution in [0.2, 0.25) is 0 Å². The van der Waals surface area contributed by atoms with Crippen LogP contribution >= 0.6 is 11.8 Å². The quantitative estimate of drug-likeness (QED) is 0.724. The molecule has 0 unspecified atom stereocenters. The van der Waals surface area contributed by atoms with Crippen LogP contribution in [-0.4, -0.2) is 66.4 Å². The molecule has 7 heteroatoms. The maximum Gasteiger partial charge on any atom is 0.230 e. The first-order valence-corrected chi connectivity index (χ1v) is 7.55.